The maximum atomic E-state index is 6.35. The molecule has 2 atom stereocenters. The molecule has 2 heterocycles. The van der Waals surface area contributed by atoms with Gasteiger partial charge in [-0.3, -0.25) is 0 Å². The molecule has 0 spiro atoms. The summed E-state index contributed by atoms with van der Waals surface area (Å²) in [6.45, 7) is 0. The van der Waals surface area contributed by atoms with Crippen LogP contribution in [0.1, 0.15) is 32.1 Å². The van der Waals surface area contributed by atoms with E-state index in [4.69, 9.17) is 28.9 Å². The summed E-state index contributed by atoms with van der Waals surface area (Å²) in [5.41, 5.74) is 7.27. The molecule has 2 fully saturated rings. The third-order valence-corrected chi connectivity index (χ3v) is 4.74. The summed E-state index contributed by atoms with van der Waals surface area (Å²) in [7, 11) is 0. The molecule has 4 heteroatoms. The van der Waals surface area contributed by atoms with Crippen molar-refractivity contribution in [3.05, 3.63) is 28.2 Å². The molecular weight excluding hydrogens is 267 g/mol. The van der Waals surface area contributed by atoms with Crippen LogP contribution in [0.3, 0.4) is 0 Å². The zero-order valence-electron chi connectivity index (χ0n) is 10.3. The minimum absolute atomic E-state index is 0.350. The van der Waals surface area contributed by atoms with Crippen LogP contribution < -0.4 is 10.6 Å². The first-order valence-corrected chi connectivity index (χ1v) is 7.39. The number of nitrogens with zero attached hydrogens (tertiary/aromatic N) is 1. The maximum Gasteiger partial charge on any atom is 0.0654 e. The summed E-state index contributed by atoms with van der Waals surface area (Å²) in [6, 6.07) is 7.25. The van der Waals surface area contributed by atoms with Crippen molar-refractivity contribution in [3.8, 4) is 0 Å². The van der Waals surface area contributed by atoms with Crippen LogP contribution in [0.15, 0.2) is 18.2 Å². The lowest BCUT2D eigenvalue weighted by Gasteiger charge is -2.50. The Balaban J connectivity index is 1.95. The molecule has 2 nitrogen and oxygen atoms in total. The van der Waals surface area contributed by atoms with Gasteiger partial charge in [0.15, 0.2) is 0 Å². The van der Waals surface area contributed by atoms with Gasteiger partial charge in [-0.05, 0) is 50.3 Å². The number of nitrogens with two attached hydrogens (primary N) is 1. The van der Waals surface area contributed by atoms with Gasteiger partial charge >= 0.3 is 0 Å². The Bertz CT molecular complexity index is 435. The Labute approximate surface area is 118 Å². The second-order valence-corrected chi connectivity index (χ2v) is 6.32. The van der Waals surface area contributed by atoms with Crippen molar-refractivity contribution in [1.29, 1.82) is 0 Å². The Kier molecular flexibility index (Phi) is 3.44. The van der Waals surface area contributed by atoms with Gasteiger partial charge in [-0.2, -0.15) is 0 Å². The first-order valence-electron chi connectivity index (χ1n) is 6.64. The molecule has 2 aliphatic rings. The van der Waals surface area contributed by atoms with Gasteiger partial charge in [0.2, 0.25) is 0 Å². The number of halogens is 2. The molecule has 1 aromatic carbocycles. The van der Waals surface area contributed by atoms with E-state index in [1.807, 2.05) is 18.2 Å². The van der Waals surface area contributed by atoms with E-state index in [0.717, 1.165) is 23.6 Å². The van der Waals surface area contributed by atoms with Crippen LogP contribution in [-0.4, -0.2) is 18.1 Å². The van der Waals surface area contributed by atoms with Crippen molar-refractivity contribution in [3.63, 3.8) is 0 Å². The molecule has 2 aliphatic heterocycles. The molecule has 2 N–H and O–H groups in total. The monoisotopic (exact) mass is 284 g/mol. The van der Waals surface area contributed by atoms with Crippen molar-refractivity contribution in [2.75, 3.05) is 4.90 Å². The molecule has 0 radical (unpaired) electrons. The van der Waals surface area contributed by atoms with Crippen LogP contribution in [0.2, 0.25) is 10.0 Å². The zero-order valence-corrected chi connectivity index (χ0v) is 11.8. The molecule has 18 heavy (non-hydrogen) atoms. The number of benzene rings is 1. The second-order valence-electron chi connectivity index (χ2n) is 5.47. The van der Waals surface area contributed by atoms with E-state index in [1.54, 1.807) is 0 Å². The average Bonchev–Trinajstić information content (AvgIpc) is 2.28. The Morgan fingerprint density at radius 3 is 2.39 bits per heavy atom. The molecule has 2 unspecified atom stereocenters. The van der Waals surface area contributed by atoms with Gasteiger partial charge in [0.05, 0.1) is 10.7 Å². The third kappa shape index (κ3) is 2.22. The van der Waals surface area contributed by atoms with Crippen LogP contribution in [0, 0.1) is 0 Å². The fourth-order valence-corrected chi connectivity index (χ4v) is 4.01. The van der Waals surface area contributed by atoms with Gasteiger partial charge in [0.25, 0.3) is 0 Å². The van der Waals surface area contributed by atoms with Gasteiger partial charge < -0.3 is 10.6 Å². The first kappa shape index (κ1) is 12.6. The molecule has 0 amide bonds. The lowest BCUT2D eigenvalue weighted by Crippen LogP contribution is -2.55. The highest BCUT2D eigenvalue weighted by Gasteiger charge is 2.37. The number of hydrogen-bond acceptors (Lipinski definition) is 2. The normalized spacial score (nSPS) is 31.5. The standard InChI is InChI=1S/C14H18Cl2N2/c15-9-4-5-14(13(16)6-9)18-11-2-1-3-12(18)8-10(17)7-11/h4-6,10-12H,1-3,7-8,17H2. The number of hydrogen-bond donors (Lipinski definition) is 1. The predicted octanol–water partition coefficient (Wildman–Crippen LogP) is 3.84. The molecule has 2 saturated heterocycles. The van der Waals surface area contributed by atoms with E-state index in [-0.39, 0.29) is 0 Å². The van der Waals surface area contributed by atoms with Crippen molar-refractivity contribution in [2.24, 2.45) is 5.73 Å². The molecule has 98 valence electrons. The van der Waals surface area contributed by atoms with Gasteiger partial charge in [-0.15, -0.1) is 0 Å². The summed E-state index contributed by atoms with van der Waals surface area (Å²) in [5, 5.41) is 1.46. The summed E-state index contributed by atoms with van der Waals surface area (Å²) in [6.07, 6.45) is 5.92. The quantitative estimate of drug-likeness (QED) is 0.849. The van der Waals surface area contributed by atoms with E-state index in [1.165, 1.54) is 19.3 Å². The van der Waals surface area contributed by atoms with E-state index < -0.39 is 0 Å². The molecule has 0 aliphatic carbocycles. The molecular formula is C14H18Cl2N2. The first-order chi connectivity index (χ1) is 8.65. The highest BCUT2D eigenvalue weighted by Crippen LogP contribution is 2.40. The second kappa shape index (κ2) is 4.92. The minimum Gasteiger partial charge on any atom is -0.364 e. The number of fused-ring (bicyclic) bond motifs is 2. The maximum absolute atomic E-state index is 6.35. The predicted molar refractivity (Wildman–Crippen MR) is 77.6 cm³/mol. The minimum atomic E-state index is 0.350. The topological polar surface area (TPSA) is 29.3 Å². The fourth-order valence-electron chi connectivity index (χ4n) is 3.51. The van der Waals surface area contributed by atoms with Gasteiger partial charge in [-0.25, -0.2) is 0 Å². The van der Waals surface area contributed by atoms with Crippen LogP contribution >= 0.6 is 23.2 Å². The Hall–Kier alpha value is -0.440. The summed E-state index contributed by atoms with van der Waals surface area (Å²) in [5.74, 6) is 0. The van der Waals surface area contributed by atoms with Gasteiger partial charge in [0, 0.05) is 23.1 Å². The van der Waals surface area contributed by atoms with Crippen LogP contribution in [-0.2, 0) is 0 Å². The summed E-state index contributed by atoms with van der Waals surface area (Å²) < 4.78 is 0. The molecule has 0 aromatic heterocycles. The van der Waals surface area contributed by atoms with Crippen LogP contribution in [0.5, 0.6) is 0 Å². The lowest BCUT2D eigenvalue weighted by molar-refractivity contribution is 0.271. The van der Waals surface area contributed by atoms with Gasteiger partial charge in [0.1, 0.15) is 0 Å². The largest absolute Gasteiger partial charge is 0.364 e. The van der Waals surface area contributed by atoms with E-state index in [9.17, 15) is 0 Å². The fraction of sp³-hybridized carbons (Fsp3) is 0.571. The van der Waals surface area contributed by atoms with Crippen molar-refractivity contribution in [1.82, 2.24) is 0 Å². The Morgan fingerprint density at radius 2 is 1.78 bits per heavy atom. The van der Waals surface area contributed by atoms with Crippen molar-refractivity contribution < 1.29 is 0 Å². The van der Waals surface area contributed by atoms with Crippen molar-refractivity contribution >= 4 is 28.9 Å². The molecule has 2 bridgehead atoms. The number of rotatable bonds is 1. The number of piperidine rings is 2. The highest BCUT2D eigenvalue weighted by molar-refractivity contribution is 6.36. The SMILES string of the molecule is NC1CC2CCCC(C1)N2c1ccc(Cl)cc1Cl. The van der Waals surface area contributed by atoms with Crippen LogP contribution in [0.25, 0.3) is 0 Å². The molecule has 3 rings (SSSR count). The summed E-state index contributed by atoms with van der Waals surface area (Å²) >= 11 is 12.3. The highest BCUT2D eigenvalue weighted by atomic mass is 35.5. The lowest BCUT2D eigenvalue weighted by atomic mass is 9.81. The van der Waals surface area contributed by atoms with E-state index in [2.05, 4.69) is 4.90 Å². The van der Waals surface area contributed by atoms with Crippen molar-refractivity contribution in [2.45, 2.75) is 50.2 Å². The smallest absolute Gasteiger partial charge is 0.0654 e. The van der Waals surface area contributed by atoms with E-state index >= 15 is 0 Å². The van der Waals surface area contributed by atoms with Gasteiger partial charge in [-0.1, -0.05) is 23.2 Å². The van der Waals surface area contributed by atoms with Crippen LogP contribution in [0.4, 0.5) is 5.69 Å². The molecule has 0 saturated carbocycles. The Morgan fingerprint density at radius 1 is 1.11 bits per heavy atom. The average molecular weight is 285 g/mol. The zero-order chi connectivity index (χ0) is 12.7. The number of anilines is 1. The van der Waals surface area contributed by atoms with E-state index in [0.29, 0.717) is 23.1 Å². The third-order valence-electron chi connectivity index (χ3n) is 4.20. The summed E-state index contributed by atoms with van der Waals surface area (Å²) in [4.78, 5) is 2.49. The molecule has 1 aromatic rings.